The lowest BCUT2D eigenvalue weighted by Crippen LogP contribution is -2.22. The van der Waals surface area contributed by atoms with Gasteiger partial charge in [-0.15, -0.1) is 0 Å². The zero-order chi connectivity index (χ0) is 24.6. The Morgan fingerprint density at radius 3 is 1.80 bits per heavy atom. The van der Waals surface area contributed by atoms with E-state index in [-0.39, 0.29) is 0 Å². The number of benzene rings is 1. The third-order valence-corrected chi connectivity index (χ3v) is 7.10. The van der Waals surface area contributed by atoms with Gasteiger partial charge >= 0.3 is 0 Å². The van der Waals surface area contributed by atoms with E-state index in [1.165, 1.54) is 0 Å². The van der Waals surface area contributed by atoms with E-state index in [2.05, 4.69) is 20.0 Å². The van der Waals surface area contributed by atoms with Crippen molar-refractivity contribution in [2.24, 2.45) is 0 Å². The van der Waals surface area contributed by atoms with Gasteiger partial charge in [0.1, 0.15) is 5.82 Å². The zero-order valence-electron chi connectivity index (χ0n) is 20.0. The van der Waals surface area contributed by atoms with Gasteiger partial charge in [-0.25, -0.2) is 9.36 Å². The molecule has 9 nitrogen and oxygen atoms in total. The number of anilines is 2. The van der Waals surface area contributed by atoms with Crippen molar-refractivity contribution in [3.63, 3.8) is 0 Å². The molecule has 11 heteroatoms. The second kappa shape index (κ2) is 7.79. The maximum Gasteiger partial charge on any atom is 0.256 e. The van der Waals surface area contributed by atoms with Gasteiger partial charge in [-0.05, 0) is 58.4 Å². The van der Waals surface area contributed by atoms with Gasteiger partial charge in [0.15, 0.2) is 5.82 Å². The van der Waals surface area contributed by atoms with Gasteiger partial charge in [-0.3, -0.25) is 0 Å². The Balaban J connectivity index is 1.56. The van der Waals surface area contributed by atoms with Gasteiger partial charge in [0.2, 0.25) is 0 Å². The van der Waals surface area contributed by atoms with Crippen LogP contribution < -0.4 is 9.80 Å². The molecular weight excluding hydrogens is 485 g/mol. The van der Waals surface area contributed by atoms with Crippen molar-refractivity contribution in [3.05, 3.63) is 68.7 Å². The first kappa shape index (κ1) is 22.1. The molecule has 0 aliphatic carbocycles. The van der Waals surface area contributed by atoms with Crippen LogP contribution in [-0.2, 0) is 0 Å². The van der Waals surface area contributed by atoms with Crippen LogP contribution in [0, 0.1) is 27.7 Å². The van der Waals surface area contributed by atoms with Crippen LogP contribution >= 0.6 is 23.2 Å². The lowest BCUT2D eigenvalue weighted by Gasteiger charge is -2.18. The molecule has 0 N–H and O–H groups in total. The number of fused-ring (bicyclic) bond motifs is 3. The molecule has 1 aromatic carbocycles. The summed E-state index contributed by atoms with van der Waals surface area (Å²) in [4.78, 5) is 18.9. The first-order valence-corrected chi connectivity index (χ1v) is 12.0. The van der Waals surface area contributed by atoms with E-state index in [0.717, 1.165) is 58.5 Å². The van der Waals surface area contributed by atoms with Gasteiger partial charge < -0.3 is 9.80 Å². The van der Waals surface area contributed by atoms with Crippen molar-refractivity contribution < 1.29 is 0 Å². The summed E-state index contributed by atoms with van der Waals surface area (Å²) >= 11 is 12.7. The van der Waals surface area contributed by atoms with Crippen molar-refractivity contribution in [3.8, 4) is 11.9 Å². The Morgan fingerprint density at radius 1 is 0.743 bits per heavy atom. The molecule has 2 aliphatic heterocycles. The highest BCUT2D eigenvalue weighted by Gasteiger charge is 2.38. The monoisotopic (exact) mass is 507 g/mol. The van der Waals surface area contributed by atoms with E-state index in [1.807, 2.05) is 59.0 Å². The fourth-order valence-electron chi connectivity index (χ4n) is 4.90. The summed E-state index contributed by atoms with van der Waals surface area (Å²) in [5.74, 6) is 2.53. The highest BCUT2D eigenvalue weighted by atomic mass is 35.5. The minimum Gasteiger partial charge on any atom is -0.329 e. The predicted molar refractivity (Wildman–Crippen MR) is 137 cm³/mol. The van der Waals surface area contributed by atoms with Crippen molar-refractivity contribution in [1.29, 1.82) is 0 Å². The summed E-state index contributed by atoms with van der Waals surface area (Å²) in [6.45, 7) is 8.67. The van der Waals surface area contributed by atoms with Crippen molar-refractivity contribution in [1.82, 2.24) is 34.5 Å². The predicted octanol–water partition coefficient (Wildman–Crippen LogP) is 4.81. The van der Waals surface area contributed by atoms with Crippen LogP contribution in [0.25, 0.3) is 17.5 Å². The molecule has 0 saturated heterocycles. The minimum atomic E-state index is 0.457. The molecule has 0 atom stereocenters. The summed E-state index contributed by atoms with van der Waals surface area (Å²) in [5.41, 5.74) is 6.72. The van der Waals surface area contributed by atoms with Crippen LogP contribution in [0.15, 0.2) is 30.1 Å². The fraction of sp³-hybridized carbons (Fsp3) is 0.292. The molecule has 178 valence electrons. The molecule has 0 saturated carbocycles. The van der Waals surface area contributed by atoms with Crippen LogP contribution in [0.3, 0.4) is 0 Å². The summed E-state index contributed by atoms with van der Waals surface area (Å²) < 4.78 is 3.50. The number of aromatic nitrogens is 7. The van der Waals surface area contributed by atoms with Crippen LogP contribution in [-0.4, -0.2) is 48.1 Å². The second-order valence-electron chi connectivity index (χ2n) is 8.95. The van der Waals surface area contributed by atoms with Crippen molar-refractivity contribution >= 4 is 40.1 Å². The third-order valence-electron chi connectivity index (χ3n) is 6.38. The van der Waals surface area contributed by atoms with Gasteiger partial charge in [0.25, 0.3) is 11.9 Å². The largest absolute Gasteiger partial charge is 0.329 e. The normalized spacial score (nSPS) is 14.8. The summed E-state index contributed by atoms with van der Waals surface area (Å²) in [5, 5.41) is 10.3. The third kappa shape index (κ3) is 3.41. The Bertz CT molecular complexity index is 1480. The molecular formula is C24H23Cl2N9. The molecule has 0 spiro atoms. The topological polar surface area (TPSA) is 80.8 Å². The number of rotatable bonds is 3. The van der Waals surface area contributed by atoms with Crippen LogP contribution in [0.2, 0.25) is 10.0 Å². The van der Waals surface area contributed by atoms with Gasteiger partial charge in [-0.2, -0.15) is 25.1 Å². The maximum atomic E-state index is 6.35. The highest BCUT2D eigenvalue weighted by Crippen LogP contribution is 2.49. The van der Waals surface area contributed by atoms with Gasteiger partial charge in [0, 0.05) is 30.6 Å². The van der Waals surface area contributed by atoms with Gasteiger partial charge in [0.05, 0.1) is 32.8 Å². The lowest BCUT2D eigenvalue weighted by atomic mass is 10.2. The standard InChI is InChI=1S/C24H23Cl2N9/c1-12-8-14(3)34(30-12)23-27-21(28-24(29-23)35-15(4)9-13(2)31-35)16-6-7-33-20-11-18(26)17(25)10-19(20)32(5)22(16)33/h8-11H,6-7H2,1-5H3. The Kier molecular flexibility index (Phi) is 4.91. The first-order valence-electron chi connectivity index (χ1n) is 11.3. The van der Waals surface area contributed by atoms with E-state index in [0.29, 0.717) is 27.8 Å². The van der Waals surface area contributed by atoms with Gasteiger partial charge in [-0.1, -0.05) is 23.2 Å². The molecule has 0 amide bonds. The number of halogens is 2. The van der Waals surface area contributed by atoms with Crippen molar-refractivity contribution in [2.75, 3.05) is 23.4 Å². The van der Waals surface area contributed by atoms with E-state index >= 15 is 0 Å². The summed E-state index contributed by atoms with van der Waals surface area (Å²) in [6.07, 6.45) is 0.774. The highest BCUT2D eigenvalue weighted by molar-refractivity contribution is 6.42. The molecule has 0 bridgehead atoms. The Morgan fingerprint density at radius 2 is 1.29 bits per heavy atom. The van der Waals surface area contributed by atoms with Crippen LogP contribution in [0.5, 0.6) is 0 Å². The van der Waals surface area contributed by atoms with Crippen LogP contribution in [0.4, 0.5) is 11.4 Å². The average Bonchev–Trinajstić information content (AvgIpc) is 3.54. The van der Waals surface area contributed by atoms with E-state index in [9.17, 15) is 0 Å². The molecule has 35 heavy (non-hydrogen) atoms. The quantitative estimate of drug-likeness (QED) is 0.393. The first-order chi connectivity index (χ1) is 16.7. The summed E-state index contributed by atoms with van der Waals surface area (Å²) in [7, 11) is 2.02. The molecule has 3 aromatic heterocycles. The SMILES string of the molecule is Cc1cc(C)n(-c2nc(C3=C4N(C)c5cc(Cl)c(Cl)cc5N4CC3)nc(-n3nc(C)cc3C)n2)n1. The molecule has 0 unspecified atom stereocenters. The van der Waals surface area contributed by atoms with E-state index < -0.39 is 0 Å². The Hall–Kier alpha value is -3.43. The van der Waals surface area contributed by atoms with E-state index in [1.54, 1.807) is 9.36 Å². The lowest BCUT2D eigenvalue weighted by molar-refractivity contribution is 0.712. The number of hydrogen-bond acceptors (Lipinski definition) is 7. The Labute approximate surface area is 212 Å². The molecule has 5 heterocycles. The second-order valence-corrected chi connectivity index (χ2v) is 9.77. The number of aryl methyl sites for hydroxylation is 4. The maximum absolute atomic E-state index is 6.35. The fourth-order valence-corrected chi connectivity index (χ4v) is 5.22. The molecule has 4 aromatic rings. The minimum absolute atomic E-state index is 0.457. The molecule has 2 aliphatic rings. The molecule has 0 fully saturated rings. The van der Waals surface area contributed by atoms with Crippen molar-refractivity contribution in [2.45, 2.75) is 34.1 Å². The molecule has 0 radical (unpaired) electrons. The summed E-state index contributed by atoms with van der Waals surface area (Å²) in [6, 6.07) is 7.82. The zero-order valence-corrected chi connectivity index (χ0v) is 21.5. The van der Waals surface area contributed by atoms with E-state index in [4.69, 9.17) is 38.2 Å². The smallest absolute Gasteiger partial charge is 0.256 e. The average molecular weight is 508 g/mol. The van der Waals surface area contributed by atoms with Crippen LogP contribution in [0.1, 0.15) is 35.0 Å². The molecule has 6 rings (SSSR count). The number of nitrogens with zero attached hydrogens (tertiary/aromatic N) is 9. The number of hydrogen-bond donors (Lipinski definition) is 0.